The zero-order valence-corrected chi connectivity index (χ0v) is 15.4. The van der Waals surface area contributed by atoms with E-state index in [1.165, 1.54) is 31.4 Å². The van der Waals surface area contributed by atoms with E-state index in [-0.39, 0.29) is 23.2 Å². The van der Waals surface area contributed by atoms with Crippen molar-refractivity contribution >= 4 is 17.8 Å². The number of methoxy groups -OCH3 is 1. The Morgan fingerprint density at radius 1 is 1.37 bits per heavy atom. The summed E-state index contributed by atoms with van der Waals surface area (Å²) in [5.74, 6) is -0.850. The molecule has 1 atom stereocenters. The number of halogens is 1. The average Bonchev–Trinajstić information content (AvgIpc) is 3.10. The minimum atomic E-state index is -0.484. The number of benzene rings is 1. The first-order valence-electron chi connectivity index (χ1n) is 8.81. The molecule has 27 heavy (non-hydrogen) atoms. The molecular weight excluding hydrogens is 349 g/mol. The number of carbonyl (C=O) groups excluding carboxylic acids is 2. The van der Waals surface area contributed by atoms with E-state index in [1.807, 2.05) is 6.20 Å². The van der Waals surface area contributed by atoms with E-state index in [9.17, 15) is 14.0 Å². The van der Waals surface area contributed by atoms with Crippen LogP contribution in [-0.2, 0) is 11.8 Å². The number of ketones is 1. The van der Waals surface area contributed by atoms with Gasteiger partial charge in [-0.1, -0.05) is 0 Å². The van der Waals surface area contributed by atoms with Gasteiger partial charge in [0.25, 0.3) is 0 Å². The van der Waals surface area contributed by atoms with Crippen LogP contribution in [0, 0.1) is 11.7 Å². The maximum atomic E-state index is 13.6. The molecule has 7 heteroatoms. The summed E-state index contributed by atoms with van der Waals surface area (Å²) in [4.78, 5) is 27.0. The highest BCUT2D eigenvalue weighted by Gasteiger charge is 2.30. The van der Waals surface area contributed by atoms with Crippen LogP contribution in [0.4, 0.5) is 4.39 Å². The second-order valence-electron chi connectivity index (χ2n) is 6.61. The molecule has 0 radical (unpaired) electrons. The fraction of sp³-hybridized carbons (Fsp3) is 0.350. The quantitative estimate of drug-likeness (QED) is 0.599. The molecular formula is C20H22FN3O3. The highest BCUT2D eigenvalue weighted by molar-refractivity contribution is 6.01. The average molecular weight is 371 g/mol. The summed E-state index contributed by atoms with van der Waals surface area (Å²) < 4.78 is 20.4. The molecule has 2 aromatic rings. The van der Waals surface area contributed by atoms with Crippen LogP contribution in [0.1, 0.15) is 28.8 Å². The normalized spacial score (nSPS) is 17.3. The van der Waals surface area contributed by atoms with Crippen LogP contribution in [0.2, 0.25) is 0 Å². The summed E-state index contributed by atoms with van der Waals surface area (Å²) in [5.41, 5.74) is 1.06. The van der Waals surface area contributed by atoms with E-state index in [0.29, 0.717) is 25.3 Å². The predicted molar refractivity (Wildman–Crippen MR) is 98.8 cm³/mol. The fourth-order valence-corrected chi connectivity index (χ4v) is 3.28. The van der Waals surface area contributed by atoms with Crippen molar-refractivity contribution in [3.05, 3.63) is 53.6 Å². The van der Waals surface area contributed by atoms with Crippen LogP contribution in [0.5, 0.6) is 5.75 Å². The lowest BCUT2D eigenvalue weighted by molar-refractivity contribution is -0.127. The molecule has 1 aliphatic rings. The smallest absolute Gasteiger partial charge is 0.246 e. The zero-order chi connectivity index (χ0) is 19.4. The minimum absolute atomic E-state index is 0.150. The van der Waals surface area contributed by atoms with Gasteiger partial charge in [0.2, 0.25) is 5.91 Å². The monoisotopic (exact) mass is 371 g/mol. The molecule has 0 N–H and O–H groups in total. The Morgan fingerprint density at radius 2 is 2.19 bits per heavy atom. The maximum absolute atomic E-state index is 13.6. The van der Waals surface area contributed by atoms with Gasteiger partial charge in [-0.2, -0.15) is 5.10 Å². The number of Topliss-reactive ketones (excluding diaryl/α,β-unsaturated/α-hetero) is 1. The second-order valence-corrected chi connectivity index (χ2v) is 6.61. The van der Waals surface area contributed by atoms with Crippen molar-refractivity contribution < 1.29 is 18.7 Å². The Bertz CT molecular complexity index is 875. The Balaban J connectivity index is 1.70. The molecule has 1 saturated heterocycles. The largest absolute Gasteiger partial charge is 0.496 e. The number of amides is 1. The molecule has 142 valence electrons. The Morgan fingerprint density at radius 3 is 2.89 bits per heavy atom. The molecule has 0 saturated carbocycles. The van der Waals surface area contributed by atoms with Crippen LogP contribution >= 0.6 is 0 Å². The number of likely N-dealkylation sites (tertiary alicyclic amines) is 1. The summed E-state index contributed by atoms with van der Waals surface area (Å²) in [7, 11) is 3.25. The van der Waals surface area contributed by atoms with Crippen molar-refractivity contribution in [2.75, 3.05) is 20.2 Å². The molecule has 3 rings (SSSR count). The number of hydrogen-bond acceptors (Lipinski definition) is 4. The van der Waals surface area contributed by atoms with E-state index in [4.69, 9.17) is 4.74 Å². The van der Waals surface area contributed by atoms with Crippen LogP contribution in [0.15, 0.2) is 36.7 Å². The van der Waals surface area contributed by atoms with Crippen molar-refractivity contribution in [3.63, 3.8) is 0 Å². The lowest BCUT2D eigenvalue weighted by Gasteiger charge is -2.31. The minimum Gasteiger partial charge on any atom is -0.496 e. The van der Waals surface area contributed by atoms with Gasteiger partial charge in [0.1, 0.15) is 11.6 Å². The van der Waals surface area contributed by atoms with Crippen molar-refractivity contribution in [1.82, 2.24) is 14.7 Å². The van der Waals surface area contributed by atoms with Crippen LogP contribution in [0.3, 0.4) is 0 Å². The number of nitrogens with zero attached hydrogens (tertiary/aromatic N) is 3. The third-order valence-corrected chi connectivity index (χ3v) is 4.67. The fourth-order valence-electron chi connectivity index (χ4n) is 3.28. The van der Waals surface area contributed by atoms with Crippen LogP contribution in [0.25, 0.3) is 6.08 Å². The maximum Gasteiger partial charge on any atom is 0.246 e. The first-order valence-corrected chi connectivity index (χ1v) is 8.81. The molecule has 1 fully saturated rings. The van der Waals surface area contributed by atoms with E-state index in [0.717, 1.165) is 12.0 Å². The van der Waals surface area contributed by atoms with Gasteiger partial charge < -0.3 is 9.64 Å². The van der Waals surface area contributed by atoms with Crippen LogP contribution < -0.4 is 4.74 Å². The number of carbonyl (C=O) groups is 2. The summed E-state index contributed by atoms with van der Waals surface area (Å²) >= 11 is 0. The molecule has 1 aromatic heterocycles. The van der Waals surface area contributed by atoms with Crippen molar-refractivity contribution in [1.29, 1.82) is 0 Å². The number of piperidine rings is 1. The SMILES string of the molecule is COc1ccc(F)cc1C(=O)[C@H]1CCCN(C(=O)/C=C/c2cnn(C)c2)C1. The Labute approximate surface area is 157 Å². The topological polar surface area (TPSA) is 64.4 Å². The van der Waals surface area contributed by atoms with E-state index >= 15 is 0 Å². The van der Waals surface area contributed by atoms with Gasteiger partial charge in [0.05, 0.1) is 18.9 Å². The van der Waals surface area contributed by atoms with Crippen LogP contribution in [-0.4, -0.2) is 46.6 Å². The van der Waals surface area contributed by atoms with Crippen molar-refractivity contribution in [2.45, 2.75) is 12.8 Å². The highest BCUT2D eigenvalue weighted by atomic mass is 19.1. The molecule has 0 aliphatic carbocycles. The predicted octanol–water partition coefficient (Wildman–Crippen LogP) is 2.70. The molecule has 6 nitrogen and oxygen atoms in total. The summed E-state index contributed by atoms with van der Waals surface area (Å²) in [6.45, 7) is 0.912. The number of rotatable bonds is 5. The summed E-state index contributed by atoms with van der Waals surface area (Å²) in [6.07, 6.45) is 8.06. The van der Waals surface area contributed by atoms with Gasteiger partial charge in [-0.05, 0) is 37.1 Å². The lowest BCUT2D eigenvalue weighted by Crippen LogP contribution is -2.41. The lowest BCUT2D eigenvalue weighted by atomic mass is 9.89. The summed E-state index contributed by atoms with van der Waals surface area (Å²) in [5, 5.41) is 4.05. The second kappa shape index (κ2) is 8.16. The van der Waals surface area contributed by atoms with Gasteiger partial charge in [0.15, 0.2) is 5.78 Å². The van der Waals surface area contributed by atoms with E-state index in [1.54, 1.807) is 28.9 Å². The first-order chi connectivity index (χ1) is 13.0. The molecule has 1 aromatic carbocycles. The molecule has 0 spiro atoms. The van der Waals surface area contributed by atoms with Crippen molar-refractivity contribution in [3.8, 4) is 5.75 Å². The van der Waals surface area contributed by atoms with E-state index in [2.05, 4.69) is 5.10 Å². The molecule has 1 aliphatic heterocycles. The molecule has 2 heterocycles. The third kappa shape index (κ3) is 4.42. The molecule has 0 bridgehead atoms. The van der Waals surface area contributed by atoms with Gasteiger partial charge in [0, 0.05) is 43.9 Å². The zero-order valence-electron chi connectivity index (χ0n) is 15.4. The standard InChI is InChI=1S/C20H22FN3O3/c1-23-12-14(11-22-23)5-8-19(25)24-9-3-4-15(13-24)20(26)17-10-16(21)6-7-18(17)27-2/h5-8,10-12,15H,3-4,9,13H2,1-2H3/b8-5+/t15-/m0/s1. The number of aryl methyl sites for hydroxylation is 1. The number of ether oxygens (including phenoxy) is 1. The van der Waals surface area contributed by atoms with Crippen molar-refractivity contribution in [2.24, 2.45) is 13.0 Å². The number of aromatic nitrogens is 2. The number of hydrogen-bond donors (Lipinski definition) is 0. The van der Waals surface area contributed by atoms with Gasteiger partial charge >= 0.3 is 0 Å². The van der Waals surface area contributed by atoms with Gasteiger partial charge in [-0.15, -0.1) is 0 Å². The Kier molecular flexibility index (Phi) is 5.69. The highest BCUT2D eigenvalue weighted by Crippen LogP contribution is 2.27. The molecule has 0 unspecified atom stereocenters. The molecule has 1 amide bonds. The van der Waals surface area contributed by atoms with Gasteiger partial charge in [-0.25, -0.2) is 4.39 Å². The van der Waals surface area contributed by atoms with E-state index < -0.39 is 5.82 Å². The Hall–Kier alpha value is -2.96. The first kappa shape index (κ1) is 18.8. The third-order valence-electron chi connectivity index (χ3n) is 4.67. The summed E-state index contributed by atoms with van der Waals surface area (Å²) in [6, 6.07) is 3.91. The van der Waals surface area contributed by atoms with Gasteiger partial charge in [-0.3, -0.25) is 14.3 Å².